The van der Waals surface area contributed by atoms with E-state index in [1.165, 1.54) is 22.3 Å². The Balaban J connectivity index is 1.45. The van der Waals surface area contributed by atoms with Crippen LogP contribution in [0.3, 0.4) is 0 Å². The second-order valence-corrected chi connectivity index (χ2v) is 10.0. The Morgan fingerprint density at radius 3 is 0.943 bits per heavy atom. The first-order valence-electron chi connectivity index (χ1n) is 12.6. The molecular formula is C32H28N2O. The highest BCUT2D eigenvalue weighted by molar-refractivity contribution is 5.89. The quantitative estimate of drug-likeness (QED) is 0.357. The summed E-state index contributed by atoms with van der Waals surface area (Å²) in [5.74, 6) is 0.208. The highest BCUT2D eigenvalue weighted by Gasteiger charge is 2.65. The predicted molar refractivity (Wildman–Crippen MR) is 137 cm³/mol. The molecule has 0 saturated carbocycles. The van der Waals surface area contributed by atoms with Crippen molar-refractivity contribution in [3.8, 4) is 0 Å². The number of carbonyl (C=O) groups excluding carboxylic acids is 1. The number of carbonyl (C=O) groups is 1. The zero-order valence-electron chi connectivity index (χ0n) is 19.5. The summed E-state index contributed by atoms with van der Waals surface area (Å²) in [4.78, 5) is 19.9. The van der Waals surface area contributed by atoms with Crippen molar-refractivity contribution in [3.63, 3.8) is 0 Å². The number of benzene rings is 4. The maximum atomic E-state index is 14.7. The van der Waals surface area contributed by atoms with Gasteiger partial charge in [-0.2, -0.15) is 0 Å². The van der Waals surface area contributed by atoms with Crippen molar-refractivity contribution in [2.75, 3.05) is 6.67 Å². The van der Waals surface area contributed by atoms with Crippen LogP contribution in [0.4, 0.5) is 0 Å². The molecule has 4 aromatic carbocycles. The van der Waals surface area contributed by atoms with Crippen LogP contribution in [0, 0.1) is 11.8 Å². The van der Waals surface area contributed by atoms with Gasteiger partial charge in [0.1, 0.15) is 5.78 Å². The molecule has 0 amide bonds. The number of hydrogen-bond acceptors (Lipinski definition) is 3. The van der Waals surface area contributed by atoms with Crippen molar-refractivity contribution in [2.45, 2.75) is 24.2 Å². The molecule has 4 unspecified atom stereocenters. The van der Waals surface area contributed by atoms with Gasteiger partial charge in [-0.15, -0.1) is 0 Å². The smallest absolute Gasteiger partial charge is 0.146 e. The summed E-state index contributed by atoms with van der Waals surface area (Å²) in [5, 5.41) is 0. The fraction of sp³-hybridized carbons (Fsp3) is 0.219. The first-order chi connectivity index (χ1) is 17.3. The van der Waals surface area contributed by atoms with Crippen LogP contribution < -0.4 is 0 Å². The highest BCUT2D eigenvalue weighted by atomic mass is 16.1. The molecule has 4 aliphatic rings. The van der Waals surface area contributed by atoms with Crippen LogP contribution in [-0.2, 0) is 4.79 Å². The molecule has 0 spiro atoms. The lowest BCUT2D eigenvalue weighted by Gasteiger charge is -2.67. The largest absolute Gasteiger partial charge is 0.299 e. The minimum atomic E-state index is -0.0986. The number of piperidine rings is 2. The van der Waals surface area contributed by atoms with Crippen LogP contribution in [0.1, 0.15) is 46.4 Å². The van der Waals surface area contributed by atoms with E-state index in [1.807, 2.05) is 0 Å². The van der Waals surface area contributed by atoms with Crippen molar-refractivity contribution in [1.82, 2.24) is 9.80 Å². The average molecular weight is 457 g/mol. The van der Waals surface area contributed by atoms with Gasteiger partial charge in [-0.25, -0.2) is 0 Å². The van der Waals surface area contributed by atoms with Crippen molar-refractivity contribution >= 4 is 5.78 Å². The van der Waals surface area contributed by atoms with E-state index in [1.54, 1.807) is 0 Å². The van der Waals surface area contributed by atoms with Gasteiger partial charge in [0, 0.05) is 24.2 Å². The van der Waals surface area contributed by atoms with Crippen LogP contribution in [0.5, 0.6) is 0 Å². The number of ketones is 1. The minimum absolute atomic E-state index is 0.0586. The van der Waals surface area contributed by atoms with Gasteiger partial charge < -0.3 is 0 Å². The van der Waals surface area contributed by atoms with Gasteiger partial charge in [0.2, 0.25) is 0 Å². The second kappa shape index (κ2) is 8.30. The molecule has 0 radical (unpaired) electrons. The Morgan fingerprint density at radius 1 is 0.429 bits per heavy atom. The van der Waals surface area contributed by atoms with Gasteiger partial charge in [-0.3, -0.25) is 14.6 Å². The molecule has 3 heteroatoms. The molecule has 0 aromatic heterocycles. The van der Waals surface area contributed by atoms with Crippen LogP contribution in [0.15, 0.2) is 121 Å². The molecule has 8 atom stereocenters. The number of nitrogens with zero attached hydrogens (tertiary/aromatic N) is 2. The van der Waals surface area contributed by atoms with Gasteiger partial charge in [0.15, 0.2) is 0 Å². The van der Waals surface area contributed by atoms with Crippen molar-refractivity contribution in [2.24, 2.45) is 11.8 Å². The zero-order chi connectivity index (χ0) is 23.4. The third kappa shape index (κ3) is 3.16. The third-order valence-corrected chi connectivity index (χ3v) is 8.34. The summed E-state index contributed by atoms with van der Waals surface area (Å²) in [6.07, 6.45) is 0. The summed E-state index contributed by atoms with van der Waals surface area (Å²) in [5.41, 5.74) is 4.96. The van der Waals surface area contributed by atoms with E-state index in [0.29, 0.717) is 5.78 Å². The van der Waals surface area contributed by atoms with Crippen molar-refractivity contribution < 1.29 is 4.79 Å². The van der Waals surface area contributed by atoms with Crippen LogP contribution >= 0.6 is 0 Å². The minimum Gasteiger partial charge on any atom is -0.299 e. The molecule has 4 saturated heterocycles. The molecule has 35 heavy (non-hydrogen) atoms. The Hall–Kier alpha value is -3.53. The van der Waals surface area contributed by atoms with Crippen LogP contribution in [0.25, 0.3) is 0 Å². The van der Waals surface area contributed by atoms with Gasteiger partial charge in [-0.05, 0) is 22.3 Å². The molecule has 3 nitrogen and oxygen atoms in total. The summed E-state index contributed by atoms with van der Waals surface area (Å²) in [6, 6.07) is 43.0. The highest BCUT2D eigenvalue weighted by Crippen LogP contribution is 2.63. The second-order valence-electron chi connectivity index (χ2n) is 10.0. The molecule has 4 aliphatic heterocycles. The molecule has 0 N–H and O–H groups in total. The fourth-order valence-electron chi connectivity index (χ4n) is 7.10. The Morgan fingerprint density at radius 2 is 0.686 bits per heavy atom. The predicted octanol–water partition coefficient (Wildman–Crippen LogP) is 6.36. The van der Waals surface area contributed by atoms with Gasteiger partial charge >= 0.3 is 0 Å². The molecule has 4 heterocycles. The Bertz CT molecular complexity index is 1130. The monoisotopic (exact) mass is 456 g/mol. The van der Waals surface area contributed by atoms with E-state index in [2.05, 4.69) is 131 Å². The number of hydrogen-bond donors (Lipinski definition) is 0. The van der Waals surface area contributed by atoms with E-state index in [-0.39, 0.29) is 36.0 Å². The Labute approximate surface area is 206 Å². The zero-order valence-corrected chi connectivity index (χ0v) is 19.5. The maximum absolute atomic E-state index is 14.7. The SMILES string of the molecule is O=C1C2[C@@H](c3ccccc3)N3CN([C@@H]2c2ccccc2)[C@@H](c2ccccc2)C1[C@H]3c1ccccc1. The molecule has 0 aliphatic carbocycles. The van der Waals surface area contributed by atoms with E-state index in [0.717, 1.165) is 6.67 Å². The molecule has 8 rings (SSSR count). The summed E-state index contributed by atoms with van der Waals surface area (Å²) in [6.45, 7) is 0.832. The standard InChI is InChI=1S/C32H28N2O/c35-32-26-28(22-13-5-1-6-14-22)33-21-34(29(26)23-15-7-2-8-16-23)31(25-19-11-4-12-20-25)27(32)30(33)24-17-9-3-10-18-24/h1-20,26-31H,21H2/t26?,27?,28-,29-,30-,31+/m1/s1. The van der Waals surface area contributed by atoms with Crippen LogP contribution in [-0.4, -0.2) is 22.3 Å². The van der Waals surface area contributed by atoms with E-state index >= 15 is 0 Å². The average Bonchev–Trinajstić information content (AvgIpc) is 2.93. The summed E-state index contributed by atoms with van der Waals surface area (Å²) >= 11 is 0. The normalized spacial score (nSPS) is 33.1. The number of Topliss-reactive ketones (excluding diaryl/α,β-unsaturated/α-hetero) is 1. The lowest BCUT2D eigenvalue weighted by atomic mass is 9.60. The van der Waals surface area contributed by atoms with Gasteiger partial charge in [0.05, 0.1) is 18.5 Å². The lowest BCUT2D eigenvalue weighted by Crippen LogP contribution is -2.69. The van der Waals surface area contributed by atoms with Gasteiger partial charge in [-0.1, -0.05) is 121 Å². The van der Waals surface area contributed by atoms with E-state index in [9.17, 15) is 4.79 Å². The first-order valence-corrected chi connectivity index (χ1v) is 12.6. The first kappa shape index (κ1) is 20.8. The van der Waals surface area contributed by atoms with Crippen LogP contribution in [0.2, 0.25) is 0 Å². The van der Waals surface area contributed by atoms with Crippen molar-refractivity contribution in [1.29, 1.82) is 0 Å². The van der Waals surface area contributed by atoms with Crippen molar-refractivity contribution in [3.05, 3.63) is 144 Å². The molecule has 4 fully saturated rings. The van der Waals surface area contributed by atoms with E-state index < -0.39 is 0 Å². The molecule has 4 bridgehead atoms. The summed E-state index contributed by atoms with van der Waals surface area (Å²) in [7, 11) is 0. The number of rotatable bonds is 4. The Kier molecular flexibility index (Phi) is 4.93. The lowest BCUT2D eigenvalue weighted by molar-refractivity contribution is -0.208. The topological polar surface area (TPSA) is 23.6 Å². The van der Waals surface area contributed by atoms with E-state index in [4.69, 9.17) is 0 Å². The van der Waals surface area contributed by atoms with Gasteiger partial charge in [0.25, 0.3) is 0 Å². The molecule has 4 aromatic rings. The summed E-state index contributed by atoms with van der Waals surface area (Å²) < 4.78 is 0. The molecular weight excluding hydrogens is 428 g/mol. The molecule has 172 valence electrons. The fourth-order valence-corrected chi connectivity index (χ4v) is 7.10. The maximum Gasteiger partial charge on any atom is 0.146 e. The third-order valence-electron chi connectivity index (χ3n) is 8.34.